The normalized spacial score (nSPS) is 18.0. The molecule has 0 heterocycles. The number of nitrogens with zero attached hydrogens (tertiary/aromatic N) is 1. The third kappa shape index (κ3) is 6.48. The fraction of sp³-hybridized carbons (Fsp3) is 0.667. The number of hydrogen-bond donors (Lipinski definition) is 2. The Morgan fingerprint density at radius 1 is 1.25 bits per heavy atom. The summed E-state index contributed by atoms with van der Waals surface area (Å²) in [5.74, 6) is 0.710. The largest absolute Gasteiger partial charge is 0.385 e. The Hall–Kier alpha value is -1.60. The number of sulfone groups is 1. The molecule has 158 valence electrons. The molecule has 1 fully saturated rings. The van der Waals surface area contributed by atoms with Gasteiger partial charge >= 0.3 is 0 Å². The summed E-state index contributed by atoms with van der Waals surface area (Å²) in [5.41, 5.74) is 0.242. The molecule has 0 aromatic heterocycles. The molecule has 0 spiro atoms. The van der Waals surface area contributed by atoms with E-state index < -0.39 is 9.84 Å². The van der Waals surface area contributed by atoms with Crippen molar-refractivity contribution in [3.8, 4) is 0 Å². The van der Waals surface area contributed by atoms with Crippen LogP contribution in [-0.4, -0.2) is 53.5 Å². The highest BCUT2D eigenvalue weighted by Crippen LogP contribution is 2.40. The number of guanidine groups is 1. The molecule has 1 aromatic rings. The predicted octanol–water partition coefficient (Wildman–Crippen LogP) is 3.00. The molecule has 28 heavy (non-hydrogen) atoms. The molecule has 1 aliphatic carbocycles. The van der Waals surface area contributed by atoms with Gasteiger partial charge in [0.2, 0.25) is 0 Å². The first-order valence-corrected chi connectivity index (χ1v) is 11.8. The molecule has 0 radical (unpaired) electrons. The van der Waals surface area contributed by atoms with Gasteiger partial charge in [-0.2, -0.15) is 0 Å². The van der Waals surface area contributed by atoms with E-state index in [4.69, 9.17) is 4.74 Å². The Labute approximate surface area is 170 Å². The Kier molecular flexibility index (Phi) is 8.76. The molecular formula is C21H35N3O3S. The second-order valence-corrected chi connectivity index (χ2v) is 9.75. The summed E-state index contributed by atoms with van der Waals surface area (Å²) in [4.78, 5) is 4.68. The highest BCUT2D eigenvalue weighted by Gasteiger charge is 2.33. The molecule has 0 saturated heterocycles. The minimum absolute atomic E-state index is 0.0447. The van der Waals surface area contributed by atoms with E-state index in [2.05, 4.69) is 15.6 Å². The van der Waals surface area contributed by atoms with Crippen LogP contribution in [-0.2, 0) is 14.6 Å². The van der Waals surface area contributed by atoms with E-state index in [0.29, 0.717) is 17.3 Å². The van der Waals surface area contributed by atoms with E-state index in [1.807, 2.05) is 13.0 Å². The zero-order valence-corrected chi connectivity index (χ0v) is 18.2. The van der Waals surface area contributed by atoms with E-state index in [-0.39, 0.29) is 17.2 Å². The van der Waals surface area contributed by atoms with E-state index in [1.54, 1.807) is 38.4 Å². The Morgan fingerprint density at radius 3 is 2.50 bits per heavy atom. The van der Waals surface area contributed by atoms with Crippen molar-refractivity contribution < 1.29 is 13.2 Å². The highest BCUT2D eigenvalue weighted by molar-refractivity contribution is 7.91. The first-order valence-electron chi connectivity index (χ1n) is 10.2. The lowest BCUT2D eigenvalue weighted by Gasteiger charge is -2.30. The van der Waals surface area contributed by atoms with Gasteiger partial charge in [-0.15, -0.1) is 0 Å². The van der Waals surface area contributed by atoms with Crippen molar-refractivity contribution in [1.29, 1.82) is 0 Å². The van der Waals surface area contributed by atoms with Gasteiger partial charge in [0.25, 0.3) is 0 Å². The highest BCUT2D eigenvalue weighted by atomic mass is 32.2. The van der Waals surface area contributed by atoms with Crippen molar-refractivity contribution in [3.05, 3.63) is 30.3 Å². The Bertz CT molecular complexity index is 714. The zero-order valence-electron chi connectivity index (χ0n) is 17.4. The SMILES string of the molecule is CCC(CS(=O)(=O)c1ccccc1)NC(=NC)NCC1(CCOC)CCCC1. The second-order valence-electron chi connectivity index (χ2n) is 7.72. The fourth-order valence-corrected chi connectivity index (χ4v) is 5.48. The standard InChI is InChI=1S/C21H35N3O3S/c1-4-18(16-28(25,26)19-10-6-5-7-11-19)24-20(22-2)23-17-21(14-15-27-3)12-8-9-13-21/h5-7,10-11,18H,4,8-9,12-17H2,1-3H3,(H2,22,23,24). The van der Waals surface area contributed by atoms with E-state index in [0.717, 1.165) is 19.6 Å². The molecule has 6 nitrogen and oxygen atoms in total. The van der Waals surface area contributed by atoms with Crippen LogP contribution in [0.15, 0.2) is 40.2 Å². The van der Waals surface area contributed by atoms with E-state index in [9.17, 15) is 8.42 Å². The average molecular weight is 410 g/mol. The summed E-state index contributed by atoms with van der Waals surface area (Å²) in [7, 11) is 0.130. The molecule has 1 aliphatic rings. The molecule has 0 aliphatic heterocycles. The number of aliphatic imine (C=N–C) groups is 1. The quantitative estimate of drug-likeness (QED) is 0.459. The monoisotopic (exact) mass is 409 g/mol. The van der Waals surface area contributed by atoms with Crippen LogP contribution in [0.4, 0.5) is 0 Å². The lowest BCUT2D eigenvalue weighted by molar-refractivity contribution is 0.138. The van der Waals surface area contributed by atoms with Crippen LogP contribution in [0.5, 0.6) is 0 Å². The van der Waals surface area contributed by atoms with Crippen molar-refractivity contribution in [2.75, 3.05) is 33.1 Å². The average Bonchev–Trinajstić information content (AvgIpc) is 3.18. The smallest absolute Gasteiger partial charge is 0.191 e. The topological polar surface area (TPSA) is 79.8 Å². The number of nitrogens with one attached hydrogen (secondary N) is 2. The van der Waals surface area contributed by atoms with E-state index >= 15 is 0 Å². The van der Waals surface area contributed by atoms with Crippen molar-refractivity contribution in [3.63, 3.8) is 0 Å². The van der Waals surface area contributed by atoms with Crippen molar-refractivity contribution in [1.82, 2.24) is 10.6 Å². The van der Waals surface area contributed by atoms with Gasteiger partial charge in [-0.1, -0.05) is 38.0 Å². The van der Waals surface area contributed by atoms with Crippen molar-refractivity contribution in [2.45, 2.75) is 56.4 Å². The van der Waals surface area contributed by atoms with Gasteiger partial charge in [-0.25, -0.2) is 8.42 Å². The summed E-state index contributed by atoms with van der Waals surface area (Å²) in [6.45, 7) is 3.58. The molecule has 1 saturated carbocycles. The number of hydrogen-bond acceptors (Lipinski definition) is 4. The van der Waals surface area contributed by atoms with Gasteiger partial charge in [0, 0.05) is 33.4 Å². The van der Waals surface area contributed by atoms with Crippen LogP contribution in [0.2, 0.25) is 0 Å². The van der Waals surface area contributed by atoms with Gasteiger partial charge in [0.15, 0.2) is 15.8 Å². The summed E-state index contributed by atoms with van der Waals surface area (Å²) in [6, 6.07) is 8.42. The number of benzene rings is 1. The van der Waals surface area contributed by atoms with Crippen LogP contribution in [0.3, 0.4) is 0 Å². The number of rotatable bonds is 10. The molecule has 0 amide bonds. The van der Waals surface area contributed by atoms with Crippen LogP contribution in [0, 0.1) is 5.41 Å². The van der Waals surface area contributed by atoms with Gasteiger partial charge < -0.3 is 15.4 Å². The molecule has 7 heteroatoms. The minimum Gasteiger partial charge on any atom is -0.385 e. The third-order valence-electron chi connectivity index (χ3n) is 5.71. The fourth-order valence-electron chi connectivity index (χ4n) is 3.87. The maximum absolute atomic E-state index is 12.7. The molecule has 2 rings (SSSR count). The summed E-state index contributed by atoms with van der Waals surface area (Å²) >= 11 is 0. The van der Waals surface area contributed by atoms with Crippen molar-refractivity contribution in [2.24, 2.45) is 10.4 Å². The first kappa shape index (κ1) is 22.7. The third-order valence-corrected chi connectivity index (χ3v) is 7.54. The van der Waals surface area contributed by atoms with Crippen LogP contribution in [0.25, 0.3) is 0 Å². The first-order chi connectivity index (χ1) is 13.4. The van der Waals surface area contributed by atoms with Gasteiger partial charge in [-0.05, 0) is 43.2 Å². The van der Waals surface area contributed by atoms with Crippen LogP contribution in [0.1, 0.15) is 45.4 Å². The summed E-state index contributed by atoms with van der Waals surface area (Å²) in [6.07, 6.45) is 6.63. The van der Waals surface area contributed by atoms with Gasteiger partial charge in [-0.3, -0.25) is 4.99 Å². The zero-order chi connectivity index (χ0) is 20.5. The van der Waals surface area contributed by atoms with Crippen molar-refractivity contribution >= 4 is 15.8 Å². The maximum atomic E-state index is 12.7. The molecule has 1 aromatic carbocycles. The molecule has 1 unspecified atom stereocenters. The van der Waals surface area contributed by atoms with E-state index in [1.165, 1.54) is 25.7 Å². The van der Waals surface area contributed by atoms with Crippen LogP contribution < -0.4 is 10.6 Å². The van der Waals surface area contributed by atoms with Crippen LogP contribution >= 0.6 is 0 Å². The maximum Gasteiger partial charge on any atom is 0.191 e. The number of methoxy groups -OCH3 is 1. The Morgan fingerprint density at radius 2 is 1.93 bits per heavy atom. The molecule has 2 N–H and O–H groups in total. The lowest BCUT2D eigenvalue weighted by Crippen LogP contribution is -2.48. The Balaban J connectivity index is 1.96. The molecule has 1 atom stereocenters. The number of ether oxygens (including phenoxy) is 1. The van der Waals surface area contributed by atoms with Gasteiger partial charge in [0.05, 0.1) is 10.6 Å². The van der Waals surface area contributed by atoms with Gasteiger partial charge in [0.1, 0.15) is 0 Å². The summed E-state index contributed by atoms with van der Waals surface area (Å²) < 4.78 is 30.7. The molecular weight excluding hydrogens is 374 g/mol. The predicted molar refractivity (Wildman–Crippen MR) is 114 cm³/mol. The minimum atomic E-state index is -3.34. The molecule has 0 bridgehead atoms. The second kappa shape index (κ2) is 10.8. The summed E-state index contributed by atoms with van der Waals surface area (Å²) in [5, 5.41) is 6.74. The lowest BCUT2D eigenvalue weighted by atomic mass is 9.83.